The molecule has 0 radical (unpaired) electrons. The van der Waals surface area contributed by atoms with Crippen molar-refractivity contribution in [3.05, 3.63) is 46.3 Å². The first-order valence-electron chi connectivity index (χ1n) is 5.44. The van der Waals surface area contributed by atoms with Gasteiger partial charge in [0.15, 0.2) is 10.5 Å². The quantitative estimate of drug-likeness (QED) is 0.722. The molecule has 0 aliphatic rings. The summed E-state index contributed by atoms with van der Waals surface area (Å²) in [4.78, 5) is 3.03. The minimum absolute atomic E-state index is 0.293. The zero-order valence-electron chi connectivity index (χ0n) is 9.61. The smallest absolute Gasteiger partial charge is 0.178 e. The highest BCUT2D eigenvalue weighted by Crippen LogP contribution is 2.17. The lowest BCUT2D eigenvalue weighted by Gasteiger charge is -2.00. The summed E-state index contributed by atoms with van der Waals surface area (Å²) >= 11 is 5.23. The Kier molecular flexibility index (Phi) is 2.52. The number of halogens is 1. The van der Waals surface area contributed by atoms with Crippen molar-refractivity contribution in [2.45, 2.75) is 13.5 Å². The van der Waals surface area contributed by atoms with Crippen LogP contribution >= 0.6 is 12.2 Å². The van der Waals surface area contributed by atoms with Gasteiger partial charge in [0.25, 0.3) is 0 Å². The minimum atomic E-state index is -0.293. The summed E-state index contributed by atoms with van der Waals surface area (Å²) < 4.78 is 20.7. The van der Waals surface area contributed by atoms with Crippen LogP contribution in [-0.4, -0.2) is 14.7 Å². The number of fused-ring (bicyclic) bond motifs is 1. The molecule has 2 heterocycles. The molecule has 4 nitrogen and oxygen atoms in total. The molecule has 3 rings (SSSR count). The number of nitrogens with zero attached hydrogens (tertiary/aromatic N) is 2. The Morgan fingerprint density at radius 3 is 3.00 bits per heavy atom. The van der Waals surface area contributed by atoms with E-state index in [4.69, 9.17) is 16.7 Å². The number of imidazole rings is 1. The van der Waals surface area contributed by atoms with Crippen molar-refractivity contribution in [1.29, 1.82) is 0 Å². The molecule has 0 unspecified atom stereocenters. The second-order valence-corrected chi connectivity index (χ2v) is 4.50. The first-order chi connectivity index (χ1) is 8.63. The van der Waals surface area contributed by atoms with E-state index in [2.05, 4.69) is 10.1 Å². The maximum atomic E-state index is 13.3. The molecule has 92 valence electrons. The van der Waals surface area contributed by atoms with Crippen molar-refractivity contribution in [1.82, 2.24) is 14.7 Å². The fraction of sp³-hybridized carbons (Fsp3) is 0.167. The molecule has 0 saturated heterocycles. The Hall–Kier alpha value is -1.95. The van der Waals surface area contributed by atoms with Crippen LogP contribution in [0.5, 0.6) is 0 Å². The van der Waals surface area contributed by atoms with E-state index in [0.29, 0.717) is 22.6 Å². The highest BCUT2D eigenvalue weighted by Gasteiger charge is 2.08. The van der Waals surface area contributed by atoms with Crippen LogP contribution in [0.4, 0.5) is 4.39 Å². The summed E-state index contributed by atoms with van der Waals surface area (Å²) in [5, 5.41) is 3.82. The minimum Gasteiger partial charge on any atom is -0.359 e. The number of hydrogen-bond acceptors (Lipinski definition) is 3. The summed E-state index contributed by atoms with van der Waals surface area (Å²) in [6, 6.07) is 6.35. The van der Waals surface area contributed by atoms with Crippen LogP contribution in [0.3, 0.4) is 0 Å². The van der Waals surface area contributed by atoms with Crippen molar-refractivity contribution >= 4 is 23.3 Å². The predicted molar refractivity (Wildman–Crippen MR) is 67.4 cm³/mol. The molecule has 0 fully saturated rings. The van der Waals surface area contributed by atoms with Gasteiger partial charge in [-0.1, -0.05) is 5.16 Å². The molecule has 0 amide bonds. The van der Waals surface area contributed by atoms with E-state index in [-0.39, 0.29) is 5.82 Å². The van der Waals surface area contributed by atoms with Crippen LogP contribution in [0.15, 0.2) is 28.8 Å². The standard InChI is InChI=1S/C12H10FN3OS/c1-7-4-9(17-15-7)6-16-11-5-8(13)2-3-10(11)14-12(16)18/h2-5H,6H2,1H3,(H,14,18). The summed E-state index contributed by atoms with van der Waals surface area (Å²) in [5.74, 6) is 0.396. The number of H-pyrrole nitrogens is 1. The summed E-state index contributed by atoms with van der Waals surface area (Å²) in [6.45, 7) is 2.28. The van der Waals surface area contributed by atoms with E-state index in [0.717, 1.165) is 11.2 Å². The van der Waals surface area contributed by atoms with E-state index in [9.17, 15) is 4.39 Å². The van der Waals surface area contributed by atoms with Crippen LogP contribution < -0.4 is 0 Å². The summed E-state index contributed by atoms with van der Waals surface area (Å²) in [6.07, 6.45) is 0. The van der Waals surface area contributed by atoms with Crippen LogP contribution in [0.25, 0.3) is 11.0 Å². The van der Waals surface area contributed by atoms with Crippen LogP contribution in [-0.2, 0) is 6.54 Å². The highest BCUT2D eigenvalue weighted by molar-refractivity contribution is 7.71. The van der Waals surface area contributed by atoms with Gasteiger partial charge in [0.2, 0.25) is 0 Å². The molecule has 0 aliphatic carbocycles. The molecule has 2 aromatic heterocycles. The zero-order chi connectivity index (χ0) is 12.7. The van der Waals surface area contributed by atoms with Crippen LogP contribution in [0.2, 0.25) is 0 Å². The van der Waals surface area contributed by atoms with Gasteiger partial charge in [-0.15, -0.1) is 0 Å². The molecule has 18 heavy (non-hydrogen) atoms. The van der Waals surface area contributed by atoms with Crippen molar-refractivity contribution in [3.63, 3.8) is 0 Å². The van der Waals surface area contributed by atoms with Gasteiger partial charge in [0, 0.05) is 6.07 Å². The second-order valence-electron chi connectivity index (χ2n) is 4.11. The number of aromatic amines is 1. The number of nitrogens with one attached hydrogen (secondary N) is 1. The largest absolute Gasteiger partial charge is 0.359 e. The summed E-state index contributed by atoms with van der Waals surface area (Å²) in [5.41, 5.74) is 2.33. The Labute approximate surface area is 107 Å². The van der Waals surface area contributed by atoms with Gasteiger partial charge in [-0.25, -0.2) is 4.39 Å². The topological polar surface area (TPSA) is 46.8 Å². The van der Waals surface area contributed by atoms with Gasteiger partial charge < -0.3 is 14.1 Å². The number of hydrogen-bond donors (Lipinski definition) is 1. The van der Waals surface area contributed by atoms with Crippen molar-refractivity contribution in [2.24, 2.45) is 0 Å². The van der Waals surface area contributed by atoms with Gasteiger partial charge in [-0.05, 0) is 37.3 Å². The van der Waals surface area contributed by atoms with Crippen molar-refractivity contribution in [3.8, 4) is 0 Å². The Morgan fingerprint density at radius 2 is 2.28 bits per heavy atom. The van der Waals surface area contributed by atoms with Crippen LogP contribution in [0.1, 0.15) is 11.5 Å². The molecule has 0 spiro atoms. The fourth-order valence-electron chi connectivity index (χ4n) is 1.93. The Balaban J connectivity index is 2.13. The first kappa shape index (κ1) is 11.2. The normalized spacial score (nSPS) is 11.2. The van der Waals surface area contributed by atoms with E-state index in [1.165, 1.54) is 12.1 Å². The number of rotatable bonds is 2. The third kappa shape index (κ3) is 1.84. The first-order valence-corrected chi connectivity index (χ1v) is 5.84. The Morgan fingerprint density at radius 1 is 1.44 bits per heavy atom. The van der Waals surface area contributed by atoms with Gasteiger partial charge in [0.05, 0.1) is 23.3 Å². The molecule has 0 bridgehead atoms. The third-order valence-corrected chi connectivity index (χ3v) is 3.05. The zero-order valence-corrected chi connectivity index (χ0v) is 10.4. The molecular weight excluding hydrogens is 253 g/mol. The molecule has 3 aromatic rings. The number of aryl methyl sites for hydroxylation is 1. The fourth-order valence-corrected chi connectivity index (χ4v) is 2.20. The number of benzene rings is 1. The summed E-state index contributed by atoms with van der Waals surface area (Å²) in [7, 11) is 0. The van der Waals surface area contributed by atoms with E-state index >= 15 is 0 Å². The lowest BCUT2D eigenvalue weighted by molar-refractivity contribution is 0.373. The molecular formula is C12H10FN3OS. The lowest BCUT2D eigenvalue weighted by Crippen LogP contribution is -1.98. The maximum Gasteiger partial charge on any atom is 0.178 e. The van der Waals surface area contributed by atoms with Gasteiger partial charge in [0.1, 0.15) is 5.82 Å². The molecule has 1 N–H and O–H groups in total. The monoisotopic (exact) mass is 263 g/mol. The molecule has 0 aliphatic heterocycles. The third-order valence-electron chi connectivity index (χ3n) is 2.73. The molecule has 0 saturated carbocycles. The van der Waals surface area contributed by atoms with Crippen LogP contribution in [0, 0.1) is 17.5 Å². The lowest BCUT2D eigenvalue weighted by atomic mass is 10.3. The average molecular weight is 263 g/mol. The van der Waals surface area contributed by atoms with Gasteiger partial charge in [-0.2, -0.15) is 0 Å². The van der Waals surface area contributed by atoms with Gasteiger partial charge >= 0.3 is 0 Å². The Bertz CT molecular complexity index is 771. The average Bonchev–Trinajstić information content (AvgIpc) is 2.86. The van der Waals surface area contributed by atoms with E-state index in [1.807, 2.05) is 13.0 Å². The molecule has 0 atom stereocenters. The highest BCUT2D eigenvalue weighted by atomic mass is 32.1. The van der Waals surface area contributed by atoms with E-state index in [1.54, 1.807) is 10.6 Å². The van der Waals surface area contributed by atoms with Gasteiger partial charge in [-0.3, -0.25) is 0 Å². The predicted octanol–water partition coefficient (Wildman–Crippen LogP) is 3.18. The number of aromatic nitrogens is 3. The van der Waals surface area contributed by atoms with Crippen molar-refractivity contribution in [2.75, 3.05) is 0 Å². The van der Waals surface area contributed by atoms with E-state index < -0.39 is 0 Å². The second kappa shape index (κ2) is 4.06. The maximum absolute atomic E-state index is 13.3. The van der Waals surface area contributed by atoms with Crippen molar-refractivity contribution < 1.29 is 8.91 Å². The SMILES string of the molecule is Cc1cc(Cn2c(=S)[nH]c3ccc(F)cc32)on1. The molecule has 1 aromatic carbocycles. The molecule has 6 heteroatoms.